The largest absolute Gasteiger partial charge is 0.310 e. The average molecular weight is 289 g/mol. The topological polar surface area (TPSA) is 37.8 Å². The summed E-state index contributed by atoms with van der Waals surface area (Å²) in [5, 5.41) is 4.12. The molecular weight excluding hydrogens is 273 g/mol. The summed E-state index contributed by atoms with van der Waals surface area (Å²) >= 11 is 1.48. The fourth-order valence-corrected chi connectivity index (χ4v) is 2.80. The highest BCUT2D eigenvalue weighted by atomic mass is 32.2. The molecule has 0 aliphatic heterocycles. The molecule has 0 unspecified atom stereocenters. The van der Waals surface area contributed by atoms with Crippen molar-refractivity contribution < 1.29 is 4.39 Å². The summed E-state index contributed by atoms with van der Waals surface area (Å²) in [5.41, 5.74) is 1.90. The second-order valence-electron chi connectivity index (χ2n) is 4.99. The van der Waals surface area contributed by atoms with Crippen molar-refractivity contribution in [2.75, 3.05) is 0 Å². The molecule has 104 valence electrons. The van der Waals surface area contributed by atoms with Crippen LogP contribution in [0.5, 0.6) is 0 Å². The van der Waals surface area contributed by atoms with Crippen molar-refractivity contribution in [3.63, 3.8) is 0 Å². The number of nitrogens with one attached hydrogen (secondary N) is 1. The van der Waals surface area contributed by atoms with Gasteiger partial charge in [0.25, 0.3) is 0 Å². The van der Waals surface area contributed by atoms with E-state index in [1.165, 1.54) is 30.7 Å². The monoisotopic (exact) mass is 289 g/mol. The summed E-state index contributed by atoms with van der Waals surface area (Å²) in [5.74, 6) is -0.202. The van der Waals surface area contributed by atoms with Gasteiger partial charge in [-0.15, -0.1) is 0 Å². The molecule has 2 aromatic rings. The lowest BCUT2D eigenvalue weighted by atomic mass is 10.2. The van der Waals surface area contributed by atoms with Crippen molar-refractivity contribution in [2.45, 2.75) is 42.4 Å². The Kier molecular flexibility index (Phi) is 3.98. The van der Waals surface area contributed by atoms with Gasteiger partial charge in [0.2, 0.25) is 0 Å². The zero-order chi connectivity index (χ0) is 13.9. The van der Waals surface area contributed by atoms with E-state index in [1.807, 2.05) is 13.0 Å². The molecule has 0 bridgehead atoms. The Hall–Kier alpha value is -1.46. The van der Waals surface area contributed by atoms with Gasteiger partial charge < -0.3 is 5.32 Å². The molecule has 1 aromatic carbocycles. The Balaban J connectivity index is 1.79. The van der Waals surface area contributed by atoms with Gasteiger partial charge in [0.05, 0.1) is 0 Å². The number of nitrogens with zero attached hydrogens (tertiary/aromatic N) is 2. The Morgan fingerprint density at radius 2 is 2.20 bits per heavy atom. The van der Waals surface area contributed by atoms with Crippen molar-refractivity contribution in [3.05, 3.63) is 47.5 Å². The number of halogens is 1. The lowest BCUT2D eigenvalue weighted by Crippen LogP contribution is -2.16. The van der Waals surface area contributed by atoms with Gasteiger partial charge in [-0.3, -0.25) is 0 Å². The molecule has 0 radical (unpaired) electrons. The first kappa shape index (κ1) is 13.5. The van der Waals surface area contributed by atoms with Gasteiger partial charge in [0.1, 0.15) is 5.82 Å². The molecule has 0 saturated heterocycles. The standard InChI is InChI=1S/C15H16FN3S/c1-10-6-7-17-15(19-10)20-14-5-2-12(16)8-11(14)9-18-13-3-4-13/h2,5-8,13,18H,3-4,9H2,1H3. The number of hydrogen-bond donors (Lipinski definition) is 1. The molecule has 3 nitrogen and oxygen atoms in total. The Morgan fingerprint density at radius 3 is 2.95 bits per heavy atom. The highest BCUT2D eigenvalue weighted by Gasteiger charge is 2.20. The van der Waals surface area contributed by atoms with Crippen molar-refractivity contribution in [3.8, 4) is 0 Å². The van der Waals surface area contributed by atoms with Crippen molar-refractivity contribution in [1.82, 2.24) is 15.3 Å². The van der Waals surface area contributed by atoms with E-state index in [0.29, 0.717) is 17.7 Å². The minimum atomic E-state index is -0.202. The molecule has 5 heteroatoms. The maximum atomic E-state index is 13.4. The number of aromatic nitrogens is 2. The second kappa shape index (κ2) is 5.89. The van der Waals surface area contributed by atoms with E-state index in [1.54, 1.807) is 18.3 Å². The first-order valence-electron chi connectivity index (χ1n) is 6.70. The average Bonchev–Trinajstić information content (AvgIpc) is 3.23. The van der Waals surface area contributed by atoms with Crippen LogP contribution in [-0.4, -0.2) is 16.0 Å². The van der Waals surface area contributed by atoms with E-state index >= 15 is 0 Å². The minimum absolute atomic E-state index is 0.202. The summed E-state index contributed by atoms with van der Waals surface area (Å²) in [6, 6.07) is 7.35. The summed E-state index contributed by atoms with van der Waals surface area (Å²) in [4.78, 5) is 9.63. The van der Waals surface area contributed by atoms with Crippen LogP contribution in [0.4, 0.5) is 4.39 Å². The van der Waals surface area contributed by atoms with Crippen LogP contribution in [0.3, 0.4) is 0 Å². The number of benzene rings is 1. The van der Waals surface area contributed by atoms with Crippen LogP contribution in [0.25, 0.3) is 0 Å². The molecule has 1 fully saturated rings. The molecule has 1 aliphatic carbocycles. The molecule has 3 rings (SSSR count). The lowest BCUT2D eigenvalue weighted by Gasteiger charge is -2.09. The van der Waals surface area contributed by atoms with E-state index in [9.17, 15) is 4.39 Å². The van der Waals surface area contributed by atoms with Gasteiger partial charge in [0.15, 0.2) is 5.16 Å². The molecule has 1 N–H and O–H groups in total. The molecule has 0 amide bonds. The zero-order valence-corrected chi connectivity index (χ0v) is 12.1. The number of hydrogen-bond acceptors (Lipinski definition) is 4. The summed E-state index contributed by atoms with van der Waals surface area (Å²) in [6.45, 7) is 2.63. The van der Waals surface area contributed by atoms with Crippen LogP contribution in [0.1, 0.15) is 24.1 Å². The molecule has 20 heavy (non-hydrogen) atoms. The first-order chi connectivity index (χ1) is 9.70. The SMILES string of the molecule is Cc1ccnc(Sc2ccc(F)cc2CNC2CC2)n1. The third-order valence-corrected chi connectivity index (χ3v) is 4.15. The molecule has 0 spiro atoms. The third kappa shape index (κ3) is 3.55. The predicted octanol–water partition coefficient (Wildman–Crippen LogP) is 3.33. The molecule has 0 atom stereocenters. The minimum Gasteiger partial charge on any atom is -0.310 e. The van der Waals surface area contributed by atoms with Gasteiger partial charge in [-0.1, -0.05) is 0 Å². The molecular formula is C15H16FN3S. The van der Waals surface area contributed by atoms with E-state index in [4.69, 9.17) is 0 Å². The summed E-state index contributed by atoms with van der Waals surface area (Å²) in [6.07, 6.45) is 4.19. The third-order valence-electron chi connectivity index (χ3n) is 3.16. The summed E-state index contributed by atoms with van der Waals surface area (Å²) in [7, 11) is 0. The second-order valence-corrected chi connectivity index (χ2v) is 6.00. The van der Waals surface area contributed by atoms with Crippen LogP contribution >= 0.6 is 11.8 Å². The van der Waals surface area contributed by atoms with Gasteiger partial charge in [-0.2, -0.15) is 0 Å². The van der Waals surface area contributed by atoms with Gasteiger partial charge in [-0.25, -0.2) is 14.4 Å². The van der Waals surface area contributed by atoms with Gasteiger partial charge >= 0.3 is 0 Å². The van der Waals surface area contributed by atoms with E-state index in [-0.39, 0.29) is 5.82 Å². The number of rotatable bonds is 5. The van der Waals surface area contributed by atoms with E-state index in [0.717, 1.165) is 16.2 Å². The van der Waals surface area contributed by atoms with Gasteiger partial charge in [0, 0.05) is 29.4 Å². The Labute approximate surface area is 122 Å². The molecule has 1 heterocycles. The van der Waals surface area contributed by atoms with Crippen molar-refractivity contribution in [2.24, 2.45) is 0 Å². The Morgan fingerprint density at radius 1 is 1.35 bits per heavy atom. The fraction of sp³-hybridized carbons (Fsp3) is 0.333. The fourth-order valence-electron chi connectivity index (χ4n) is 1.90. The summed E-state index contributed by atoms with van der Waals surface area (Å²) < 4.78 is 13.4. The highest BCUT2D eigenvalue weighted by molar-refractivity contribution is 7.99. The van der Waals surface area contributed by atoms with Crippen molar-refractivity contribution in [1.29, 1.82) is 0 Å². The highest BCUT2D eigenvalue weighted by Crippen LogP contribution is 2.29. The van der Waals surface area contributed by atoms with Crippen molar-refractivity contribution >= 4 is 11.8 Å². The maximum Gasteiger partial charge on any atom is 0.192 e. The zero-order valence-electron chi connectivity index (χ0n) is 11.3. The van der Waals surface area contributed by atoms with Crippen LogP contribution in [0, 0.1) is 12.7 Å². The first-order valence-corrected chi connectivity index (χ1v) is 7.52. The quantitative estimate of drug-likeness (QED) is 0.857. The lowest BCUT2D eigenvalue weighted by molar-refractivity contribution is 0.616. The maximum absolute atomic E-state index is 13.4. The Bertz CT molecular complexity index is 614. The molecule has 1 saturated carbocycles. The predicted molar refractivity (Wildman–Crippen MR) is 77.2 cm³/mol. The van der Waals surface area contributed by atoms with E-state index in [2.05, 4.69) is 15.3 Å². The molecule has 1 aliphatic rings. The molecule has 1 aromatic heterocycles. The van der Waals surface area contributed by atoms with Crippen LogP contribution in [0.15, 0.2) is 40.5 Å². The number of aryl methyl sites for hydroxylation is 1. The van der Waals surface area contributed by atoms with Crippen LogP contribution in [-0.2, 0) is 6.54 Å². The van der Waals surface area contributed by atoms with Crippen LogP contribution < -0.4 is 5.32 Å². The van der Waals surface area contributed by atoms with Gasteiger partial charge in [-0.05, 0) is 61.4 Å². The normalized spacial score (nSPS) is 14.5. The smallest absolute Gasteiger partial charge is 0.192 e. The van der Waals surface area contributed by atoms with Crippen LogP contribution in [0.2, 0.25) is 0 Å². The van der Waals surface area contributed by atoms with E-state index < -0.39 is 0 Å².